The van der Waals surface area contributed by atoms with E-state index in [2.05, 4.69) is 13.8 Å². The summed E-state index contributed by atoms with van der Waals surface area (Å²) in [7, 11) is 0. The topological polar surface area (TPSA) is 0 Å². The molecule has 1 aliphatic carbocycles. The fourth-order valence-electron chi connectivity index (χ4n) is 3.41. The van der Waals surface area contributed by atoms with Gasteiger partial charge in [0.2, 0.25) is 0 Å². The molecule has 1 aliphatic rings. The standard InChI is InChI=1S/C16H32/c1-3-5-7-9-13-16(12-6-4-2)14-10-8-11-15-16/h3-15H2,1-2H3. The summed E-state index contributed by atoms with van der Waals surface area (Å²) in [5.41, 5.74) is 0.780. The largest absolute Gasteiger partial charge is 0.0654 e. The summed E-state index contributed by atoms with van der Waals surface area (Å²) in [6, 6.07) is 0. The van der Waals surface area contributed by atoms with Crippen molar-refractivity contribution in [1.29, 1.82) is 0 Å². The number of rotatable bonds is 8. The van der Waals surface area contributed by atoms with Crippen LogP contribution in [0.15, 0.2) is 0 Å². The lowest BCUT2D eigenvalue weighted by Gasteiger charge is -2.38. The second-order valence-corrected chi connectivity index (χ2v) is 5.97. The minimum atomic E-state index is 0.780. The van der Waals surface area contributed by atoms with Crippen LogP contribution in [0, 0.1) is 5.41 Å². The zero-order valence-corrected chi connectivity index (χ0v) is 11.7. The van der Waals surface area contributed by atoms with Crippen molar-refractivity contribution in [2.24, 2.45) is 5.41 Å². The second-order valence-electron chi connectivity index (χ2n) is 5.97. The van der Waals surface area contributed by atoms with E-state index in [1.54, 1.807) is 12.8 Å². The molecule has 1 saturated carbocycles. The Balaban J connectivity index is 2.30. The molecule has 0 aliphatic heterocycles. The van der Waals surface area contributed by atoms with Gasteiger partial charge in [-0.3, -0.25) is 0 Å². The maximum Gasteiger partial charge on any atom is -0.0297 e. The lowest BCUT2D eigenvalue weighted by Crippen LogP contribution is -2.24. The van der Waals surface area contributed by atoms with Crippen LogP contribution >= 0.6 is 0 Å². The summed E-state index contributed by atoms with van der Waals surface area (Å²) in [4.78, 5) is 0. The molecule has 0 aromatic carbocycles. The van der Waals surface area contributed by atoms with Crippen LogP contribution in [-0.4, -0.2) is 0 Å². The van der Waals surface area contributed by atoms with E-state index < -0.39 is 0 Å². The van der Waals surface area contributed by atoms with Crippen molar-refractivity contribution in [3.05, 3.63) is 0 Å². The van der Waals surface area contributed by atoms with Gasteiger partial charge in [-0.2, -0.15) is 0 Å². The third-order valence-corrected chi connectivity index (χ3v) is 4.54. The van der Waals surface area contributed by atoms with Crippen LogP contribution in [0.5, 0.6) is 0 Å². The molecule has 0 N–H and O–H groups in total. The lowest BCUT2D eigenvalue weighted by molar-refractivity contribution is 0.148. The average Bonchev–Trinajstić information content (AvgIpc) is 2.34. The molecule has 0 unspecified atom stereocenters. The Bertz CT molecular complexity index is 153. The molecule has 0 aromatic rings. The monoisotopic (exact) mass is 224 g/mol. The summed E-state index contributed by atoms with van der Waals surface area (Å²) < 4.78 is 0. The van der Waals surface area contributed by atoms with E-state index in [0.29, 0.717) is 0 Å². The molecule has 0 saturated heterocycles. The first kappa shape index (κ1) is 14.1. The number of unbranched alkanes of at least 4 members (excludes halogenated alkanes) is 4. The summed E-state index contributed by atoms with van der Waals surface area (Å²) in [5.74, 6) is 0. The van der Waals surface area contributed by atoms with Crippen molar-refractivity contribution < 1.29 is 0 Å². The van der Waals surface area contributed by atoms with Crippen LogP contribution in [0.4, 0.5) is 0 Å². The predicted octanol–water partition coefficient (Wildman–Crippen LogP) is 6.10. The molecule has 16 heavy (non-hydrogen) atoms. The van der Waals surface area contributed by atoms with Gasteiger partial charge in [0.25, 0.3) is 0 Å². The van der Waals surface area contributed by atoms with Gasteiger partial charge in [0, 0.05) is 0 Å². The fourth-order valence-corrected chi connectivity index (χ4v) is 3.41. The minimum absolute atomic E-state index is 0.780. The normalized spacial score (nSPS) is 19.9. The zero-order valence-electron chi connectivity index (χ0n) is 11.7. The Kier molecular flexibility index (Phi) is 7.16. The van der Waals surface area contributed by atoms with Crippen molar-refractivity contribution >= 4 is 0 Å². The van der Waals surface area contributed by atoms with Crippen molar-refractivity contribution in [2.45, 2.75) is 97.3 Å². The molecule has 1 rings (SSSR count). The summed E-state index contributed by atoms with van der Waals surface area (Å²) in [5, 5.41) is 0. The third kappa shape index (κ3) is 4.89. The van der Waals surface area contributed by atoms with Crippen LogP contribution in [0.25, 0.3) is 0 Å². The van der Waals surface area contributed by atoms with Gasteiger partial charge in [-0.25, -0.2) is 0 Å². The molecule has 0 bridgehead atoms. The van der Waals surface area contributed by atoms with Crippen LogP contribution in [0.3, 0.4) is 0 Å². The van der Waals surface area contributed by atoms with Gasteiger partial charge in [-0.1, -0.05) is 71.6 Å². The molecule has 0 atom stereocenters. The Morgan fingerprint density at radius 1 is 0.688 bits per heavy atom. The van der Waals surface area contributed by atoms with Crippen molar-refractivity contribution in [3.63, 3.8) is 0 Å². The molecule has 0 amide bonds. The molecule has 96 valence electrons. The highest BCUT2D eigenvalue weighted by Crippen LogP contribution is 2.44. The van der Waals surface area contributed by atoms with Crippen molar-refractivity contribution in [2.75, 3.05) is 0 Å². The Morgan fingerprint density at radius 3 is 1.94 bits per heavy atom. The fraction of sp³-hybridized carbons (Fsp3) is 1.00. The number of hydrogen-bond acceptors (Lipinski definition) is 0. The van der Waals surface area contributed by atoms with Gasteiger partial charge in [-0.15, -0.1) is 0 Å². The minimum Gasteiger partial charge on any atom is -0.0654 e. The zero-order chi connectivity index (χ0) is 11.7. The highest BCUT2D eigenvalue weighted by atomic mass is 14.4. The molecule has 0 nitrogen and oxygen atoms in total. The van der Waals surface area contributed by atoms with E-state index in [1.165, 1.54) is 70.6 Å². The maximum absolute atomic E-state index is 2.34. The van der Waals surface area contributed by atoms with Gasteiger partial charge < -0.3 is 0 Å². The van der Waals surface area contributed by atoms with Gasteiger partial charge >= 0.3 is 0 Å². The first-order valence-corrected chi connectivity index (χ1v) is 7.83. The van der Waals surface area contributed by atoms with Gasteiger partial charge in [0.15, 0.2) is 0 Å². The predicted molar refractivity (Wildman–Crippen MR) is 73.8 cm³/mol. The molecule has 1 fully saturated rings. The molecular formula is C16H32. The second kappa shape index (κ2) is 8.14. The summed E-state index contributed by atoms with van der Waals surface area (Å²) in [6.45, 7) is 4.65. The van der Waals surface area contributed by atoms with Crippen molar-refractivity contribution in [3.8, 4) is 0 Å². The molecule has 0 heterocycles. The lowest BCUT2D eigenvalue weighted by atomic mass is 9.68. The van der Waals surface area contributed by atoms with E-state index in [9.17, 15) is 0 Å². The molecule has 0 spiro atoms. The molecule has 0 aromatic heterocycles. The number of hydrogen-bond donors (Lipinski definition) is 0. The first-order chi connectivity index (χ1) is 7.83. The smallest absolute Gasteiger partial charge is 0.0297 e. The van der Waals surface area contributed by atoms with Crippen LogP contribution in [-0.2, 0) is 0 Å². The van der Waals surface area contributed by atoms with Gasteiger partial charge in [0.1, 0.15) is 0 Å². The van der Waals surface area contributed by atoms with E-state index >= 15 is 0 Å². The highest BCUT2D eigenvalue weighted by molar-refractivity contribution is 4.82. The third-order valence-electron chi connectivity index (χ3n) is 4.54. The summed E-state index contributed by atoms with van der Waals surface area (Å²) >= 11 is 0. The Labute approximate surface area is 103 Å². The van der Waals surface area contributed by atoms with Gasteiger partial charge in [-0.05, 0) is 31.1 Å². The molecular weight excluding hydrogens is 192 g/mol. The van der Waals surface area contributed by atoms with Crippen LogP contribution in [0.2, 0.25) is 0 Å². The van der Waals surface area contributed by atoms with E-state index in [-0.39, 0.29) is 0 Å². The maximum atomic E-state index is 2.34. The van der Waals surface area contributed by atoms with Crippen LogP contribution in [0.1, 0.15) is 97.3 Å². The van der Waals surface area contributed by atoms with Gasteiger partial charge in [0.05, 0.1) is 0 Å². The van der Waals surface area contributed by atoms with Crippen LogP contribution < -0.4 is 0 Å². The van der Waals surface area contributed by atoms with E-state index in [0.717, 1.165) is 5.41 Å². The Hall–Kier alpha value is 0. The Morgan fingerprint density at radius 2 is 1.31 bits per heavy atom. The first-order valence-electron chi connectivity index (χ1n) is 7.83. The van der Waals surface area contributed by atoms with Crippen molar-refractivity contribution in [1.82, 2.24) is 0 Å². The van der Waals surface area contributed by atoms with E-state index in [1.807, 2.05) is 0 Å². The quantitative estimate of drug-likeness (QED) is 0.437. The molecule has 0 radical (unpaired) electrons. The van der Waals surface area contributed by atoms with E-state index in [4.69, 9.17) is 0 Å². The SMILES string of the molecule is CCCCCCC1(CCCC)CCCCC1. The highest BCUT2D eigenvalue weighted by Gasteiger charge is 2.30. The molecule has 0 heteroatoms. The average molecular weight is 224 g/mol. The summed E-state index contributed by atoms with van der Waals surface area (Å²) in [6.07, 6.45) is 19.3.